The maximum Gasteiger partial charge on any atom is 0.491 e. The molecule has 1 aromatic carbocycles. The van der Waals surface area contributed by atoms with Gasteiger partial charge in [-0.05, 0) is 64.5 Å². The van der Waals surface area contributed by atoms with Gasteiger partial charge in [0.25, 0.3) is 0 Å². The van der Waals surface area contributed by atoms with Gasteiger partial charge in [0.15, 0.2) is 5.78 Å². The van der Waals surface area contributed by atoms with E-state index < -0.39 is 7.12 Å². The van der Waals surface area contributed by atoms with Crippen molar-refractivity contribution in [1.29, 1.82) is 0 Å². The van der Waals surface area contributed by atoms with Gasteiger partial charge in [-0.25, -0.2) is 0 Å². The molecule has 0 amide bonds. The van der Waals surface area contributed by atoms with Crippen LogP contribution >= 0.6 is 0 Å². The summed E-state index contributed by atoms with van der Waals surface area (Å²) in [6.45, 7) is 9.45. The normalized spacial score (nSPS) is 23.3. The zero-order chi connectivity index (χ0) is 17.7. The van der Waals surface area contributed by atoms with Crippen molar-refractivity contribution in [2.45, 2.75) is 64.6 Å². The molecule has 1 fully saturated rings. The maximum absolute atomic E-state index is 12.8. The quantitative estimate of drug-likeness (QED) is 0.683. The minimum absolute atomic E-state index is 0.0919. The Hall–Kier alpha value is -1.17. The highest BCUT2D eigenvalue weighted by molar-refractivity contribution is 6.61. The van der Waals surface area contributed by atoms with Crippen LogP contribution in [-0.2, 0) is 11.3 Å². The highest BCUT2D eigenvalue weighted by Crippen LogP contribution is 2.41. The number of hydrogen-bond donors (Lipinski definition) is 1. The zero-order valence-corrected chi connectivity index (χ0v) is 15.4. The predicted octanol–water partition coefficient (Wildman–Crippen LogP) is 2.38. The smallest absolute Gasteiger partial charge is 0.423 e. The van der Waals surface area contributed by atoms with Crippen molar-refractivity contribution in [1.82, 2.24) is 4.90 Å². The second-order valence-electron chi connectivity index (χ2n) is 8.66. The van der Waals surface area contributed by atoms with E-state index >= 15 is 0 Å². The topological polar surface area (TPSA) is 49.8 Å². The van der Waals surface area contributed by atoms with Crippen molar-refractivity contribution in [3.05, 3.63) is 29.3 Å². The number of Topliss-reactive ketones (excluding diaryl/α,β-unsaturated/α-hetero) is 1. The van der Waals surface area contributed by atoms with Crippen LogP contribution in [0.2, 0.25) is 0 Å². The number of fused-ring (bicyclic) bond motifs is 1. The van der Waals surface area contributed by atoms with E-state index in [9.17, 15) is 9.82 Å². The molecule has 1 aromatic rings. The molecule has 2 aliphatic heterocycles. The van der Waals surface area contributed by atoms with Crippen LogP contribution < -0.4 is 5.46 Å². The molecule has 0 bridgehead atoms. The average Bonchev–Trinajstić information content (AvgIpc) is 2.85. The molecule has 0 atom stereocenters. The van der Waals surface area contributed by atoms with Gasteiger partial charge in [0.05, 0.1) is 6.61 Å². The second-order valence-corrected chi connectivity index (χ2v) is 8.66. The summed E-state index contributed by atoms with van der Waals surface area (Å²) in [5.74, 6) is 0.547. The Morgan fingerprint density at radius 3 is 2.54 bits per heavy atom. The Balaban J connectivity index is 1.75. The van der Waals surface area contributed by atoms with Gasteiger partial charge in [-0.1, -0.05) is 18.2 Å². The first kappa shape index (κ1) is 17.7. The van der Waals surface area contributed by atoms with E-state index in [2.05, 4.69) is 39.6 Å². The molecule has 0 saturated carbocycles. The van der Waals surface area contributed by atoms with E-state index in [0.29, 0.717) is 24.5 Å². The highest BCUT2D eigenvalue weighted by atomic mass is 16.5. The minimum Gasteiger partial charge on any atom is -0.423 e. The molecule has 24 heavy (non-hydrogen) atoms. The molecule has 4 nitrogen and oxygen atoms in total. The number of nitrogens with zero attached hydrogens (tertiary/aromatic N) is 1. The largest absolute Gasteiger partial charge is 0.491 e. The molecular formula is C19H28BNO3. The molecule has 2 aliphatic rings. The van der Waals surface area contributed by atoms with Crippen molar-refractivity contribution in [2.24, 2.45) is 5.92 Å². The number of piperidine rings is 1. The van der Waals surface area contributed by atoms with E-state index in [-0.39, 0.29) is 16.9 Å². The standard InChI is InChI=1S/C19H28BNO3/c1-18(2)10-13(11-19(3,4)21(18)5)8-17(22)14-6-7-15-12-24-20(23)16(15)9-14/h6-7,9,13,23H,8,10-12H2,1-5H3. The van der Waals surface area contributed by atoms with E-state index in [1.807, 2.05) is 12.1 Å². The summed E-state index contributed by atoms with van der Waals surface area (Å²) in [5, 5.41) is 9.84. The Bertz CT molecular complexity index is 638. The summed E-state index contributed by atoms with van der Waals surface area (Å²) in [6, 6.07) is 5.58. The van der Waals surface area contributed by atoms with Crippen LogP contribution in [0.5, 0.6) is 0 Å². The third-order valence-electron chi connectivity index (χ3n) is 6.00. The second kappa shape index (κ2) is 5.97. The third-order valence-corrected chi connectivity index (χ3v) is 6.00. The summed E-state index contributed by atoms with van der Waals surface area (Å²) < 4.78 is 5.21. The molecule has 2 heterocycles. The number of ketones is 1. The molecule has 0 spiro atoms. The minimum atomic E-state index is -0.894. The van der Waals surface area contributed by atoms with E-state index in [1.54, 1.807) is 6.07 Å². The lowest BCUT2D eigenvalue weighted by Crippen LogP contribution is -2.58. The molecule has 0 aromatic heterocycles. The van der Waals surface area contributed by atoms with Gasteiger partial charge >= 0.3 is 7.12 Å². The molecule has 130 valence electrons. The monoisotopic (exact) mass is 329 g/mol. The fourth-order valence-electron chi connectivity index (χ4n) is 4.49. The molecule has 5 heteroatoms. The van der Waals surface area contributed by atoms with Crippen LogP contribution in [0.3, 0.4) is 0 Å². The molecule has 0 aliphatic carbocycles. The first-order valence-corrected chi connectivity index (χ1v) is 8.80. The first-order chi connectivity index (χ1) is 11.1. The van der Waals surface area contributed by atoms with Gasteiger partial charge in [-0.15, -0.1) is 0 Å². The lowest BCUT2D eigenvalue weighted by Gasteiger charge is -2.53. The fourth-order valence-corrected chi connectivity index (χ4v) is 4.49. The number of carbonyl (C=O) groups is 1. The van der Waals surface area contributed by atoms with E-state index in [0.717, 1.165) is 23.9 Å². The van der Waals surface area contributed by atoms with Crippen LogP contribution in [0.25, 0.3) is 0 Å². The van der Waals surface area contributed by atoms with Crippen molar-refractivity contribution < 1.29 is 14.5 Å². The fraction of sp³-hybridized carbons (Fsp3) is 0.632. The Kier molecular flexibility index (Phi) is 4.39. The van der Waals surface area contributed by atoms with Crippen LogP contribution in [0.1, 0.15) is 62.9 Å². The number of benzene rings is 1. The van der Waals surface area contributed by atoms with E-state index in [4.69, 9.17) is 4.65 Å². The SMILES string of the molecule is CN1C(C)(C)CC(CC(=O)c2ccc3c(c2)B(O)OC3)CC1(C)C. The highest BCUT2D eigenvalue weighted by Gasteiger charge is 2.43. The third kappa shape index (κ3) is 3.17. The van der Waals surface area contributed by atoms with Crippen molar-refractivity contribution in [3.63, 3.8) is 0 Å². The van der Waals surface area contributed by atoms with Gasteiger partial charge in [0.1, 0.15) is 0 Å². The van der Waals surface area contributed by atoms with Crippen LogP contribution in [0.4, 0.5) is 0 Å². The van der Waals surface area contributed by atoms with Gasteiger partial charge in [0, 0.05) is 23.1 Å². The maximum atomic E-state index is 12.8. The molecule has 1 saturated heterocycles. The lowest BCUT2D eigenvalue weighted by atomic mass is 9.72. The summed E-state index contributed by atoms with van der Waals surface area (Å²) in [4.78, 5) is 15.2. The first-order valence-electron chi connectivity index (χ1n) is 8.80. The predicted molar refractivity (Wildman–Crippen MR) is 96.4 cm³/mol. The van der Waals surface area contributed by atoms with Crippen LogP contribution in [-0.4, -0.2) is 41.0 Å². The number of rotatable bonds is 3. The average molecular weight is 329 g/mol. The van der Waals surface area contributed by atoms with Crippen molar-refractivity contribution >= 4 is 18.4 Å². The number of likely N-dealkylation sites (tertiary alicyclic amines) is 1. The van der Waals surface area contributed by atoms with E-state index in [1.165, 1.54) is 0 Å². The summed E-state index contributed by atoms with van der Waals surface area (Å²) >= 11 is 0. The van der Waals surface area contributed by atoms with Crippen molar-refractivity contribution in [2.75, 3.05) is 7.05 Å². The molecular weight excluding hydrogens is 301 g/mol. The Morgan fingerprint density at radius 2 is 1.92 bits per heavy atom. The summed E-state index contributed by atoms with van der Waals surface area (Å²) in [5.41, 5.74) is 2.59. The zero-order valence-electron chi connectivity index (χ0n) is 15.4. The number of hydrogen-bond acceptors (Lipinski definition) is 4. The van der Waals surface area contributed by atoms with Gasteiger partial charge < -0.3 is 9.68 Å². The van der Waals surface area contributed by atoms with Gasteiger partial charge in [0.2, 0.25) is 0 Å². The Morgan fingerprint density at radius 1 is 1.29 bits per heavy atom. The summed E-state index contributed by atoms with van der Waals surface area (Å²) in [7, 11) is 1.29. The Labute approximate surface area is 145 Å². The summed E-state index contributed by atoms with van der Waals surface area (Å²) in [6.07, 6.45) is 2.61. The molecule has 1 N–H and O–H groups in total. The lowest BCUT2D eigenvalue weighted by molar-refractivity contribution is -0.0300. The van der Waals surface area contributed by atoms with Gasteiger partial charge in [-0.3, -0.25) is 9.69 Å². The van der Waals surface area contributed by atoms with Crippen LogP contribution in [0.15, 0.2) is 18.2 Å². The molecule has 0 unspecified atom stereocenters. The van der Waals surface area contributed by atoms with Crippen molar-refractivity contribution in [3.8, 4) is 0 Å². The van der Waals surface area contributed by atoms with Crippen LogP contribution in [0, 0.1) is 5.92 Å². The van der Waals surface area contributed by atoms with Gasteiger partial charge in [-0.2, -0.15) is 0 Å². The molecule has 0 radical (unpaired) electrons. The number of carbonyl (C=O) groups excluding carboxylic acids is 1. The molecule has 3 rings (SSSR count).